The van der Waals surface area contributed by atoms with Crippen LogP contribution >= 0.6 is 0 Å². The Hall–Kier alpha value is -0.720. The average molecular weight is 139 g/mol. The summed E-state index contributed by atoms with van der Waals surface area (Å²) in [5, 5.41) is 0. The Morgan fingerprint density at radius 2 is 1.80 bits per heavy atom. The minimum Gasteiger partial charge on any atom is -0.399 e. The Morgan fingerprint density at radius 1 is 1.30 bits per heavy atom. The van der Waals surface area contributed by atoms with Crippen molar-refractivity contribution in [2.45, 2.75) is 33.6 Å². The Kier molecular flexibility index (Phi) is 3.85. The SMILES string of the molecule is C=C(CC)/C(N)=C(\C)CC. The summed E-state index contributed by atoms with van der Waals surface area (Å²) in [6.07, 6.45) is 1.97. The van der Waals surface area contributed by atoms with Crippen LogP contribution in [0.3, 0.4) is 0 Å². The predicted molar refractivity (Wildman–Crippen MR) is 46.6 cm³/mol. The van der Waals surface area contributed by atoms with E-state index in [9.17, 15) is 0 Å². The van der Waals surface area contributed by atoms with Crippen molar-refractivity contribution in [1.82, 2.24) is 0 Å². The van der Waals surface area contributed by atoms with Gasteiger partial charge < -0.3 is 5.73 Å². The number of nitrogens with two attached hydrogens (primary N) is 1. The van der Waals surface area contributed by atoms with Gasteiger partial charge in [0, 0.05) is 5.70 Å². The quantitative estimate of drug-likeness (QED) is 0.597. The highest BCUT2D eigenvalue weighted by Crippen LogP contribution is 2.12. The van der Waals surface area contributed by atoms with Gasteiger partial charge in [-0.2, -0.15) is 0 Å². The summed E-state index contributed by atoms with van der Waals surface area (Å²) in [7, 11) is 0. The molecule has 0 saturated carbocycles. The van der Waals surface area contributed by atoms with Crippen LogP contribution in [0.4, 0.5) is 0 Å². The van der Waals surface area contributed by atoms with Gasteiger partial charge in [0.2, 0.25) is 0 Å². The van der Waals surface area contributed by atoms with E-state index in [1.54, 1.807) is 0 Å². The van der Waals surface area contributed by atoms with Crippen molar-refractivity contribution in [3.8, 4) is 0 Å². The highest BCUT2D eigenvalue weighted by atomic mass is 14.6. The highest BCUT2D eigenvalue weighted by molar-refractivity contribution is 5.28. The fraction of sp³-hybridized carbons (Fsp3) is 0.556. The molecule has 0 heterocycles. The molecule has 0 aliphatic rings. The molecule has 0 amide bonds. The minimum atomic E-state index is 0.894. The van der Waals surface area contributed by atoms with Gasteiger partial charge in [0.1, 0.15) is 0 Å². The van der Waals surface area contributed by atoms with E-state index in [1.165, 1.54) is 5.57 Å². The van der Waals surface area contributed by atoms with Crippen molar-refractivity contribution < 1.29 is 0 Å². The lowest BCUT2D eigenvalue weighted by atomic mass is 10.1. The van der Waals surface area contributed by atoms with E-state index in [-0.39, 0.29) is 0 Å². The topological polar surface area (TPSA) is 26.0 Å². The summed E-state index contributed by atoms with van der Waals surface area (Å²) in [4.78, 5) is 0. The van der Waals surface area contributed by atoms with Gasteiger partial charge in [0.05, 0.1) is 0 Å². The predicted octanol–water partition coefficient (Wildman–Crippen LogP) is 2.60. The fourth-order valence-electron chi connectivity index (χ4n) is 0.683. The normalized spacial score (nSPS) is 12.7. The second-order valence-corrected chi connectivity index (χ2v) is 2.50. The Balaban J connectivity index is 4.30. The van der Waals surface area contributed by atoms with Gasteiger partial charge >= 0.3 is 0 Å². The number of hydrogen-bond acceptors (Lipinski definition) is 1. The third-order valence-corrected chi connectivity index (χ3v) is 1.80. The van der Waals surface area contributed by atoms with E-state index >= 15 is 0 Å². The van der Waals surface area contributed by atoms with E-state index in [1.807, 2.05) is 0 Å². The van der Waals surface area contributed by atoms with Gasteiger partial charge in [-0.05, 0) is 25.3 Å². The fourth-order valence-corrected chi connectivity index (χ4v) is 0.683. The molecule has 0 saturated heterocycles. The van der Waals surface area contributed by atoms with Crippen molar-refractivity contribution in [1.29, 1.82) is 0 Å². The van der Waals surface area contributed by atoms with Crippen molar-refractivity contribution in [2.75, 3.05) is 0 Å². The van der Waals surface area contributed by atoms with Gasteiger partial charge in [-0.25, -0.2) is 0 Å². The molecule has 0 unspecified atom stereocenters. The van der Waals surface area contributed by atoms with Gasteiger partial charge in [0.25, 0.3) is 0 Å². The first-order valence-corrected chi connectivity index (χ1v) is 3.76. The molecule has 10 heavy (non-hydrogen) atoms. The van der Waals surface area contributed by atoms with Crippen LogP contribution in [0.5, 0.6) is 0 Å². The average Bonchev–Trinajstić information content (AvgIpc) is 2.00. The third kappa shape index (κ3) is 2.26. The van der Waals surface area contributed by atoms with Crippen LogP contribution in [0.15, 0.2) is 23.4 Å². The molecular weight excluding hydrogens is 122 g/mol. The molecule has 2 N–H and O–H groups in total. The molecule has 0 aliphatic carbocycles. The van der Waals surface area contributed by atoms with Crippen LogP contribution in [-0.4, -0.2) is 0 Å². The van der Waals surface area contributed by atoms with Crippen molar-refractivity contribution in [3.05, 3.63) is 23.4 Å². The molecule has 0 aromatic heterocycles. The van der Waals surface area contributed by atoms with Crippen LogP contribution in [0.1, 0.15) is 33.6 Å². The van der Waals surface area contributed by atoms with E-state index in [0.717, 1.165) is 24.1 Å². The van der Waals surface area contributed by atoms with E-state index in [2.05, 4.69) is 27.4 Å². The van der Waals surface area contributed by atoms with Crippen LogP contribution in [0.25, 0.3) is 0 Å². The highest BCUT2D eigenvalue weighted by Gasteiger charge is 1.97. The van der Waals surface area contributed by atoms with Crippen LogP contribution in [-0.2, 0) is 0 Å². The molecule has 0 fully saturated rings. The first-order valence-electron chi connectivity index (χ1n) is 3.76. The summed E-state index contributed by atoms with van der Waals surface area (Å²) in [5.41, 5.74) is 8.95. The smallest absolute Gasteiger partial charge is 0.0329 e. The molecule has 0 spiro atoms. The number of hydrogen-bond donors (Lipinski definition) is 1. The first kappa shape index (κ1) is 9.28. The zero-order valence-electron chi connectivity index (χ0n) is 7.20. The molecule has 0 aromatic rings. The van der Waals surface area contributed by atoms with Crippen LogP contribution in [0, 0.1) is 0 Å². The van der Waals surface area contributed by atoms with Gasteiger partial charge in [-0.1, -0.05) is 26.0 Å². The molecule has 0 aliphatic heterocycles. The molecule has 0 aromatic carbocycles. The standard InChI is InChI=1S/C9H17N/c1-5-7(3)9(10)8(4)6-2/h3,5-6,10H2,1-2,4H3/b9-8-. The van der Waals surface area contributed by atoms with Crippen molar-refractivity contribution >= 4 is 0 Å². The molecule has 1 heteroatoms. The second-order valence-electron chi connectivity index (χ2n) is 2.50. The molecule has 0 rings (SSSR count). The zero-order chi connectivity index (χ0) is 8.15. The second kappa shape index (κ2) is 4.15. The molecule has 0 radical (unpaired) electrons. The number of allylic oxidation sites excluding steroid dienone is 2. The largest absolute Gasteiger partial charge is 0.399 e. The Labute approximate surface area is 63.6 Å². The van der Waals surface area contributed by atoms with Crippen molar-refractivity contribution in [2.24, 2.45) is 5.73 Å². The molecule has 1 nitrogen and oxygen atoms in total. The van der Waals surface area contributed by atoms with Gasteiger partial charge in [0.15, 0.2) is 0 Å². The minimum absolute atomic E-state index is 0.894. The Bertz CT molecular complexity index is 154. The lowest BCUT2D eigenvalue weighted by Crippen LogP contribution is -2.02. The molecule has 0 atom stereocenters. The van der Waals surface area contributed by atoms with E-state index < -0.39 is 0 Å². The maximum atomic E-state index is 5.76. The van der Waals surface area contributed by atoms with E-state index in [4.69, 9.17) is 5.73 Å². The van der Waals surface area contributed by atoms with Gasteiger partial charge in [-0.15, -0.1) is 0 Å². The number of rotatable bonds is 3. The molecule has 0 bridgehead atoms. The molecule has 58 valence electrons. The lowest BCUT2D eigenvalue weighted by molar-refractivity contribution is 1.01. The third-order valence-electron chi connectivity index (χ3n) is 1.80. The summed E-state index contributed by atoms with van der Waals surface area (Å²) < 4.78 is 0. The maximum Gasteiger partial charge on any atom is 0.0329 e. The van der Waals surface area contributed by atoms with E-state index in [0.29, 0.717) is 0 Å². The Morgan fingerprint density at radius 3 is 2.10 bits per heavy atom. The van der Waals surface area contributed by atoms with Crippen LogP contribution in [0.2, 0.25) is 0 Å². The monoisotopic (exact) mass is 139 g/mol. The van der Waals surface area contributed by atoms with Crippen LogP contribution < -0.4 is 5.73 Å². The zero-order valence-corrected chi connectivity index (χ0v) is 7.20. The summed E-state index contributed by atoms with van der Waals surface area (Å²) in [6, 6.07) is 0. The lowest BCUT2D eigenvalue weighted by Gasteiger charge is -2.05. The molecular formula is C9H17N. The summed E-state index contributed by atoms with van der Waals surface area (Å²) in [6.45, 7) is 10.1. The summed E-state index contributed by atoms with van der Waals surface area (Å²) in [5.74, 6) is 0. The maximum absolute atomic E-state index is 5.76. The first-order chi connectivity index (χ1) is 4.63. The summed E-state index contributed by atoms with van der Waals surface area (Å²) >= 11 is 0. The van der Waals surface area contributed by atoms with Gasteiger partial charge in [-0.3, -0.25) is 0 Å². The van der Waals surface area contributed by atoms with Crippen molar-refractivity contribution in [3.63, 3.8) is 0 Å².